The first-order chi connectivity index (χ1) is 10.3. The first-order valence-electron chi connectivity index (χ1n) is 7.26. The van der Waals surface area contributed by atoms with E-state index in [1.807, 2.05) is 0 Å². The number of aryl methyl sites for hydroxylation is 1. The number of nitrogens with zero attached hydrogens (tertiary/aromatic N) is 4. The second kappa shape index (κ2) is 4.41. The molecule has 0 bridgehead atoms. The smallest absolute Gasteiger partial charge is 0.167 e. The molecule has 1 fully saturated rings. The number of ether oxygens (including phenoxy) is 1. The number of imidazole rings is 1. The second-order valence-electron chi connectivity index (χ2n) is 4.40. The number of hydrogen-bond acceptors (Lipinski definition) is 6. The Kier molecular flexibility index (Phi) is 2.13. The van der Waals surface area contributed by atoms with Gasteiger partial charge in [0.25, 0.3) is 0 Å². The summed E-state index contributed by atoms with van der Waals surface area (Å²) in [5.74, 6) is 0. The van der Waals surface area contributed by atoms with Crippen molar-refractivity contribution in [3.05, 3.63) is 18.1 Å². The number of fused-ring (bicyclic) bond motifs is 1. The molecule has 2 aromatic heterocycles. The fourth-order valence-corrected chi connectivity index (χ4v) is 2.19. The molecule has 3 heterocycles. The lowest BCUT2D eigenvalue weighted by Crippen LogP contribution is -2.24. The van der Waals surface area contributed by atoms with Gasteiger partial charge in [-0.15, -0.1) is 0 Å². The zero-order valence-corrected chi connectivity index (χ0v) is 9.89. The molecule has 0 saturated carbocycles. The van der Waals surface area contributed by atoms with Gasteiger partial charge in [-0.1, -0.05) is 0 Å². The van der Waals surface area contributed by atoms with Crippen LogP contribution in [0.25, 0.3) is 11.2 Å². The number of aliphatic hydroxyl groups excluding tert-OH is 2. The summed E-state index contributed by atoms with van der Waals surface area (Å²) in [6.45, 7) is -2.81. The Hall–Kier alpha value is -1.77. The van der Waals surface area contributed by atoms with E-state index in [2.05, 4.69) is 9.97 Å². The third-order valence-corrected chi connectivity index (χ3v) is 3.22. The first-order valence-corrected chi connectivity index (χ1v) is 5.76. The Morgan fingerprint density at radius 2 is 2.42 bits per heavy atom. The third kappa shape index (κ3) is 1.84. The van der Waals surface area contributed by atoms with Gasteiger partial charge in [0.05, 0.1) is 25.4 Å². The summed E-state index contributed by atoms with van der Waals surface area (Å²) in [6, 6.07) is 0. The number of nitrogens with one attached hydrogen (secondary N) is 1. The van der Waals surface area contributed by atoms with Crippen LogP contribution in [0.2, 0.25) is 0 Å². The van der Waals surface area contributed by atoms with Gasteiger partial charge in [-0.05, 0) is 0 Å². The summed E-state index contributed by atoms with van der Waals surface area (Å²) in [6.07, 6.45) is 0.627. The quantitative estimate of drug-likeness (QED) is 0.640. The molecule has 1 aliphatic heterocycles. The van der Waals surface area contributed by atoms with Crippen LogP contribution in [-0.4, -0.2) is 48.1 Å². The Bertz CT molecular complexity index is 755. The van der Waals surface area contributed by atoms with Crippen LogP contribution in [0.4, 0.5) is 0 Å². The van der Waals surface area contributed by atoms with Gasteiger partial charge in [0.2, 0.25) is 0 Å². The number of aromatic nitrogens is 4. The van der Waals surface area contributed by atoms with Crippen LogP contribution in [0.3, 0.4) is 0 Å². The monoisotopic (exact) mass is 268 g/mol. The lowest BCUT2D eigenvalue weighted by Gasteiger charge is -2.13. The van der Waals surface area contributed by atoms with E-state index in [0.29, 0.717) is 5.65 Å². The average molecular weight is 268 g/mol. The third-order valence-electron chi connectivity index (χ3n) is 3.22. The molecular weight excluding hydrogens is 250 g/mol. The molecule has 0 radical (unpaired) electrons. The van der Waals surface area contributed by atoms with Crippen LogP contribution in [0.1, 0.15) is 16.8 Å². The summed E-state index contributed by atoms with van der Waals surface area (Å²) < 4.78 is 29.9. The molecule has 2 aromatic rings. The number of aliphatic hydroxyl groups is 2. The molecule has 0 spiro atoms. The van der Waals surface area contributed by atoms with Crippen LogP contribution in [0.5, 0.6) is 0 Å². The molecule has 0 unspecified atom stereocenters. The van der Waals surface area contributed by atoms with Crippen molar-refractivity contribution in [2.24, 2.45) is 6.98 Å². The van der Waals surface area contributed by atoms with Gasteiger partial charge in [-0.3, -0.25) is 9.98 Å². The van der Waals surface area contributed by atoms with E-state index in [-0.39, 0.29) is 24.0 Å². The van der Waals surface area contributed by atoms with Gasteiger partial charge in [0, 0.05) is 17.5 Å². The van der Waals surface area contributed by atoms with E-state index in [9.17, 15) is 5.11 Å². The highest BCUT2D eigenvalue weighted by atomic mass is 16.5. The van der Waals surface area contributed by atoms with Crippen molar-refractivity contribution in [3.63, 3.8) is 0 Å². The van der Waals surface area contributed by atoms with Crippen molar-refractivity contribution in [2.45, 2.75) is 24.9 Å². The maximum atomic E-state index is 9.78. The molecule has 102 valence electrons. The average Bonchev–Trinajstić information content (AvgIpc) is 3.01. The number of rotatable bonds is 2. The van der Waals surface area contributed by atoms with Crippen molar-refractivity contribution in [1.29, 1.82) is 5.41 Å². The van der Waals surface area contributed by atoms with Crippen LogP contribution >= 0.6 is 0 Å². The van der Waals surface area contributed by atoms with Crippen molar-refractivity contribution in [1.82, 2.24) is 19.1 Å². The molecule has 1 aliphatic rings. The SMILES string of the molecule is [2H]C([2H])([2H])n1cnc2c(ncn2[C@H]2C[C@H](O)[C@@H](CO)O2)c1=N. The summed E-state index contributed by atoms with van der Waals surface area (Å²) in [4.78, 5) is 8.08. The highest BCUT2D eigenvalue weighted by molar-refractivity contribution is 5.68. The van der Waals surface area contributed by atoms with Crippen molar-refractivity contribution in [2.75, 3.05) is 6.61 Å². The molecule has 0 aromatic carbocycles. The normalized spacial score (nSPS) is 30.2. The predicted octanol–water partition coefficient (Wildman–Crippen LogP) is -1.11. The standard InChI is InChI=1S/C11H15N5O3/c1-15-4-14-11-9(10(15)12)13-5-16(11)8-2-6(18)7(3-17)19-8/h4-8,12,17-18H,2-3H2,1H3/t6-,7+,8+/m0/s1/i1D3. The van der Waals surface area contributed by atoms with Gasteiger partial charge in [0.15, 0.2) is 11.1 Å². The van der Waals surface area contributed by atoms with Crippen LogP contribution < -0.4 is 5.49 Å². The van der Waals surface area contributed by atoms with E-state index in [4.69, 9.17) is 19.4 Å². The largest absolute Gasteiger partial charge is 0.394 e. The molecule has 19 heavy (non-hydrogen) atoms. The Balaban J connectivity index is 2.04. The molecule has 0 amide bonds. The summed E-state index contributed by atoms with van der Waals surface area (Å²) in [5, 5.41) is 26.8. The summed E-state index contributed by atoms with van der Waals surface area (Å²) in [5.41, 5.74) is 0.145. The fourth-order valence-electron chi connectivity index (χ4n) is 2.19. The van der Waals surface area contributed by atoms with Gasteiger partial charge in [-0.25, -0.2) is 9.97 Å². The van der Waals surface area contributed by atoms with E-state index >= 15 is 0 Å². The van der Waals surface area contributed by atoms with E-state index in [1.54, 1.807) is 0 Å². The van der Waals surface area contributed by atoms with E-state index in [0.717, 1.165) is 10.9 Å². The highest BCUT2D eigenvalue weighted by Gasteiger charge is 2.35. The summed E-state index contributed by atoms with van der Waals surface area (Å²) in [7, 11) is 0. The lowest BCUT2D eigenvalue weighted by atomic mass is 10.2. The zero-order valence-electron chi connectivity index (χ0n) is 12.9. The number of hydrogen-bond donors (Lipinski definition) is 3. The zero-order chi connectivity index (χ0) is 16.1. The predicted molar refractivity (Wildman–Crippen MR) is 64.0 cm³/mol. The molecule has 8 heteroatoms. The van der Waals surface area contributed by atoms with Crippen LogP contribution in [0.15, 0.2) is 12.7 Å². The minimum atomic E-state index is -2.51. The van der Waals surface area contributed by atoms with E-state index in [1.165, 1.54) is 10.9 Å². The van der Waals surface area contributed by atoms with Crippen LogP contribution in [0, 0.1) is 5.41 Å². The molecule has 1 saturated heterocycles. The van der Waals surface area contributed by atoms with Crippen molar-refractivity contribution in [3.8, 4) is 0 Å². The Morgan fingerprint density at radius 1 is 1.58 bits per heavy atom. The fraction of sp³-hybridized carbons (Fsp3) is 0.545. The van der Waals surface area contributed by atoms with Crippen molar-refractivity contribution < 1.29 is 19.1 Å². The minimum Gasteiger partial charge on any atom is -0.394 e. The molecule has 8 nitrogen and oxygen atoms in total. The van der Waals surface area contributed by atoms with Gasteiger partial charge < -0.3 is 19.5 Å². The maximum absolute atomic E-state index is 9.78. The lowest BCUT2D eigenvalue weighted by molar-refractivity contribution is -0.0432. The van der Waals surface area contributed by atoms with Gasteiger partial charge in [-0.2, -0.15) is 0 Å². The molecular formula is C11H15N5O3. The Morgan fingerprint density at radius 3 is 3.11 bits per heavy atom. The second-order valence-corrected chi connectivity index (χ2v) is 4.40. The van der Waals surface area contributed by atoms with E-state index < -0.39 is 25.4 Å². The molecule has 0 aliphatic carbocycles. The van der Waals surface area contributed by atoms with Crippen molar-refractivity contribution >= 4 is 11.2 Å². The summed E-state index contributed by atoms with van der Waals surface area (Å²) >= 11 is 0. The topological polar surface area (TPSA) is 109 Å². The highest BCUT2D eigenvalue weighted by Crippen LogP contribution is 2.29. The molecule has 3 atom stereocenters. The Labute approximate surface area is 112 Å². The minimum absolute atomic E-state index is 0.129. The maximum Gasteiger partial charge on any atom is 0.167 e. The molecule has 3 rings (SSSR count). The molecule has 3 N–H and O–H groups in total. The van der Waals surface area contributed by atoms with Gasteiger partial charge in [0.1, 0.15) is 17.8 Å². The van der Waals surface area contributed by atoms with Gasteiger partial charge >= 0.3 is 0 Å². The first kappa shape index (κ1) is 9.18. The van der Waals surface area contributed by atoms with Crippen LogP contribution in [-0.2, 0) is 11.7 Å².